The topological polar surface area (TPSA) is 78.4 Å². The summed E-state index contributed by atoms with van der Waals surface area (Å²) in [6.45, 7) is 8.04. The molecule has 0 unspecified atom stereocenters. The summed E-state index contributed by atoms with van der Waals surface area (Å²) < 4.78 is 6.14. The molecule has 0 saturated carbocycles. The van der Waals surface area contributed by atoms with Gasteiger partial charge in [0.1, 0.15) is 11.5 Å². The van der Waals surface area contributed by atoms with Crippen molar-refractivity contribution in [3.63, 3.8) is 0 Å². The molecule has 0 amide bonds. The lowest BCUT2D eigenvalue weighted by Crippen LogP contribution is -1.99. The maximum atomic E-state index is 10.9. The molecule has 27 heavy (non-hydrogen) atoms. The molecular formula is C22H22N2O3. The number of anilines is 1. The quantitative estimate of drug-likeness (QED) is 0.358. The first-order valence-electron chi connectivity index (χ1n) is 8.67. The maximum absolute atomic E-state index is 10.9. The summed E-state index contributed by atoms with van der Waals surface area (Å²) in [7, 11) is 0. The van der Waals surface area contributed by atoms with E-state index in [-0.39, 0.29) is 5.69 Å². The van der Waals surface area contributed by atoms with Gasteiger partial charge in [-0.15, -0.1) is 0 Å². The van der Waals surface area contributed by atoms with Crippen LogP contribution in [0.2, 0.25) is 0 Å². The number of rotatable bonds is 4. The highest BCUT2D eigenvalue weighted by Crippen LogP contribution is 2.41. The molecule has 0 saturated heterocycles. The zero-order valence-electron chi connectivity index (χ0n) is 15.9. The van der Waals surface area contributed by atoms with Crippen LogP contribution in [-0.2, 0) is 0 Å². The van der Waals surface area contributed by atoms with Gasteiger partial charge in [0.15, 0.2) is 0 Å². The molecule has 138 valence electrons. The lowest BCUT2D eigenvalue weighted by molar-refractivity contribution is -0.384. The Bertz CT molecular complexity index is 1020. The highest BCUT2D eigenvalue weighted by atomic mass is 16.6. The lowest BCUT2D eigenvalue weighted by Gasteiger charge is -2.18. The van der Waals surface area contributed by atoms with Gasteiger partial charge in [-0.25, -0.2) is 0 Å². The van der Waals surface area contributed by atoms with Crippen LogP contribution in [0.3, 0.4) is 0 Å². The van der Waals surface area contributed by atoms with Gasteiger partial charge in [-0.3, -0.25) is 10.1 Å². The Labute approximate surface area is 158 Å². The number of hydrogen-bond donors (Lipinski definition) is 1. The van der Waals surface area contributed by atoms with Crippen LogP contribution >= 0.6 is 0 Å². The molecular weight excluding hydrogens is 340 g/mol. The zero-order chi connectivity index (χ0) is 19.7. The fraction of sp³-hybridized carbons (Fsp3) is 0.182. The Morgan fingerprint density at radius 1 is 0.852 bits per heavy atom. The Morgan fingerprint density at radius 2 is 1.41 bits per heavy atom. The fourth-order valence-corrected chi connectivity index (χ4v) is 3.25. The number of nitrogen functional groups attached to an aromatic ring is 1. The number of nitro benzene ring substituents is 1. The highest BCUT2D eigenvalue weighted by molar-refractivity contribution is 5.84. The first kappa shape index (κ1) is 18.5. The lowest BCUT2D eigenvalue weighted by atomic mass is 9.94. The third kappa shape index (κ3) is 3.77. The second-order valence-electron chi connectivity index (χ2n) is 6.85. The largest absolute Gasteiger partial charge is 0.456 e. The molecule has 0 atom stereocenters. The number of non-ortho nitro benzene ring substituents is 1. The number of nitrogens with zero attached hydrogens (tertiary/aromatic N) is 1. The van der Waals surface area contributed by atoms with E-state index in [9.17, 15) is 10.1 Å². The molecule has 0 heterocycles. The molecule has 0 bridgehead atoms. The number of nitrogens with two attached hydrogens (primary N) is 1. The Hall–Kier alpha value is -3.34. The Balaban J connectivity index is 2.12. The first-order valence-corrected chi connectivity index (χ1v) is 8.67. The molecule has 3 aromatic rings. The summed E-state index contributed by atoms with van der Waals surface area (Å²) in [6.07, 6.45) is 0. The van der Waals surface area contributed by atoms with Crippen LogP contribution in [0.5, 0.6) is 11.5 Å². The van der Waals surface area contributed by atoms with Crippen LogP contribution in [0.15, 0.2) is 48.5 Å². The molecule has 3 aromatic carbocycles. The van der Waals surface area contributed by atoms with Gasteiger partial charge < -0.3 is 10.5 Å². The Morgan fingerprint density at radius 3 is 2.00 bits per heavy atom. The van der Waals surface area contributed by atoms with E-state index in [0.717, 1.165) is 39.1 Å². The van der Waals surface area contributed by atoms with Gasteiger partial charge in [0.2, 0.25) is 0 Å². The van der Waals surface area contributed by atoms with E-state index >= 15 is 0 Å². The molecule has 0 aromatic heterocycles. The van der Waals surface area contributed by atoms with E-state index in [4.69, 9.17) is 10.5 Å². The van der Waals surface area contributed by atoms with E-state index in [0.29, 0.717) is 11.5 Å². The van der Waals surface area contributed by atoms with E-state index < -0.39 is 4.92 Å². The van der Waals surface area contributed by atoms with Crippen LogP contribution in [0.1, 0.15) is 22.3 Å². The number of nitro groups is 1. The summed E-state index contributed by atoms with van der Waals surface area (Å²) in [4.78, 5) is 10.4. The summed E-state index contributed by atoms with van der Waals surface area (Å²) in [5, 5.41) is 10.9. The van der Waals surface area contributed by atoms with Crippen molar-refractivity contribution < 1.29 is 9.66 Å². The zero-order valence-corrected chi connectivity index (χ0v) is 15.9. The second kappa shape index (κ2) is 7.11. The maximum Gasteiger partial charge on any atom is 0.269 e. The minimum absolute atomic E-state index is 0.0294. The molecule has 0 spiro atoms. The van der Waals surface area contributed by atoms with Crippen molar-refractivity contribution in [2.75, 3.05) is 5.73 Å². The molecule has 3 rings (SSSR count). The highest BCUT2D eigenvalue weighted by Gasteiger charge is 2.16. The standard InChI is InChI=1S/C22H22N2O3/c1-13-9-15(3)21(23)19(11-13)20-12-14(2)10-16(4)22(20)27-18-7-5-17(6-8-18)24(25)26/h5-12H,23H2,1-4H3. The van der Waals surface area contributed by atoms with Gasteiger partial charge in [0.05, 0.1) is 4.92 Å². The van der Waals surface area contributed by atoms with Crippen molar-refractivity contribution in [1.82, 2.24) is 0 Å². The van der Waals surface area contributed by atoms with Crippen LogP contribution in [0.4, 0.5) is 11.4 Å². The fourth-order valence-electron chi connectivity index (χ4n) is 3.25. The molecule has 0 fully saturated rings. The molecule has 0 aliphatic heterocycles. The van der Waals surface area contributed by atoms with E-state index in [1.807, 2.05) is 33.8 Å². The third-order valence-electron chi connectivity index (χ3n) is 4.51. The smallest absolute Gasteiger partial charge is 0.269 e. The van der Waals surface area contributed by atoms with Crippen molar-refractivity contribution in [3.8, 4) is 22.6 Å². The average molecular weight is 362 g/mol. The number of aryl methyl sites for hydroxylation is 4. The minimum atomic E-state index is -0.428. The van der Waals surface area contributed by atoms with Crippen LogP contribution in [-0.4, -0.2) is 4.92 Å². The van der Waals surface area contributed by atoms with Gasteiger partial charge in [-0.05, 0) is 68.7 Å². The molecule has 0 aliphatic rings. The molecule has 5 nitrogen and oxygen atoms in total. The van der Waals surface area contributed by atoms with E-state index in [1.54, 1.807) is 12.1 Å². The number of hydrogen-bond acceptors (Lipinski definition) is 4. The van der Waals surface area contributed by atoms with Gasteiger partial charge in [0.25, 0.3) is 5.69 Å². The van der Waals surface area contributed by atoms with Gasteiger partial charge in [0, 0.05) is 28.9 Å². The van der Waals surface area contributed by atoms with Crippen LogP contribution in [0.25, 0.3) is 11.1 Å². The van der Waals surface area contributed by atoms with Crippen molar-refractivity contribution >= 4 is 11.4 Å². The number of benzene rings is 3. The van der Waals surface area contributed by atoms with Crippen molar-refractivity contribution in [2.45, 2.75) is 27.7 Å². The monoisotopic (exact) mass is 362 g/mol. The summed E-state index contributed by atoms with van der Waals surface area (Å²) >= 11 is 0. The van der Waals surface area contributed by atoms with Crippen molar-refractivity contribution in [3.05, 3.63) is 80.9 Å². The van der Waals surface area contributed by atoms with Crippen molar-refractivity contribution in [1.29, 1.82) is 0 Å². The van der Waals surface area contributed by atoms with E-state index in [2.05, 4.69) is 18.2 Å². The van der Waals surface area contributed by atoms with Crippen LogP contribution < -0.4 is 10.5 Å². The van der Waals surface area contributed by atoms with Crippen LogP contribution in [0, 0.1) is 37.8 Å². The Kier molecular flexibility index (Phi) is 4.86. The normalized spacial score (nSPS) is 10.7. The van der Waals surface area contributed by atoms with Gasteiger partial charge >= 0.3 is 0 Å². The average Bonchev–Trinajstić information content (AvgIpc) is 2.60. The molecule has 0 radical (unpaired) electrons. The first-order chi connectivity index (χ1) is 12.8. The molecule has 0 aliphatic carbocycles. The van der Waals surface area contributed by atoms with Crippen molar-refractivity contribution in [2.24, 2.45) is 0 Å². The molecule has 5 heteroatoms. The summed E-state index contributed by atoms with van der Waals surface area (Å²) in [5.41, 5.74) is 13.2. The second-order valence-corrected chi connectivity index (χ2v) is 6.85. The van der Waals surface area contributed by atoms with Gasteiger partial charge in [-0.2, -0.15) is 0 Å². The third-order valence-corrected chi connectivity index (χ3v) is 4.51. The predicted octanol–water partition coefficient (Wildman–Crippen LogP) is 5.87. The summed E-state index contributed by atoms with van der Waals surface area (Å²) in [6, 6.07) is 14.3. The predicted molar refractivity (Wildman–Crippen MR) is 108 cm³/mol. The minimum Gasteiger partial charge on any atom is -0.456 e. The summed E-state index contributed by atoms with van der Waals surface area (Å²) in [5.74, 6) is 1.24. The molecule has 2 N–H and O–H groups in total. The van der Waals surface area contributed by atoms with Gasteiger partial charge in [-0.1, -0.05) is 17.7 Å². The SMILES string of the molecule is Cc1cc(C)c(N)c(-c2cc(C)cc(C)c2Oc2ccc([N+](=O)[O-])cc2)c1. The van der Waals surface area contributed by atoms with E-state index in [1.165, 1.54) is 12.1 Å². The number of ether oxygens (including phenoxy) is 1.